The fraction of sp³-hybridized carbons (Fsp3) is 0.167. The first kappa shape index (κ1) is 13.7. The molecule has 0 unspecified atom stereocenters. The van der Waals surface area contributed by atoms with E-state index in [1.807, 2.05) is 0 Å². The van der Waals surface area contributed by atoms with Gasteiger partial charge < -0.3 is 14.5 Å². The zero-order valence-electron chi connectivity index (χ0n) is 10.1. The lowest BCUT2D eigenvalue weighted by Gasteiger charge is -2.08. The van der Waals surface area contributed by atoms with Crippen LogP contribution in [-0.4, -0.2) is 30.3 Å². The lowest BCUT2D eigenvalue weighted by molar-refractivity contribution is 0.0698. The van der Waals surface area contributed by atoms with Crippen molar-refractivity contribution in [1.29, 1.82) is 0 Å². The molecule has 0 fully saturated rings. The van der Waals surface area contributed by atoms with Gasteiger partial charge in [-0.2, -0.15) is 0 Å². The van der Waals surface area contributed by atoms with Crippen LogP contribution in [-0.2, 0) is 0 Å². The van der Waals surface area contributed by atoms with Gasteiger partial charge >= 0.3 is 5.97 Å². The van der Waals surface area contributed by atoms with E-state index in [1.54, 1.807) is 32.3 Å². The van der Waals surface area contributed by atoms with Gasteiger partial charge in [-0.3, -0.25) is 0 Å². The van der Waals surface area contributed by atoms with E-state index < -0.39 is 5.97 Å². The van der Waals surface area contributed by atoms with Gasteiger partial charge in [0.05, 0.1) is 10.0 Å². The predicted octanol–water partition coefficient (Wildman–Crippen LogP) is 3.41. The van der Waals surface area contributed by atoms with Crippen LogP contribution in [0, 0.1) is 0 Å². The van der Waals surface area contributed by atoms with Crippen molar-refractivity contribution in [2.45, 2.75) is 0 Å². The highest BCUT2D eigenvalue weighted by Gasteiger charge is 2.27. The number of rotatable bonds is 3. The highest BCUT2D eigenvalue weighted by Crippen LogP contribution is 2.38. The molecule has 0 bridgehead atoms. The van der Waals surface area contributed by atoms with Gasteiger partial charge in [-0.25, -0.2) is 4.79 Å². The molecule has 0 aliphatic heterocycles. The van der Waals surface area contributed by atoms with Crippen molar-refractivity contribution >= 4 is 35.1 Å². The summed E-state index contributed by atoms with van der Waals surface area (Å²) in [7, 11) is 3.32. The lowest BCUT2D eigenvalue weighted by atomic mass is 10.1. The van der Waals surface area contributed by atoms with Crippen LogP contribution in [0.4, 0.5) is 5.88 Å². The van der Waals surface area contributed by atoms with Crippen molar-refractivity contribution in [2.24, 2.45) is 0 Å². The first-order valence-corrected chi connectivity index (χ1v) is 6.03. The first-order valence-electron chi connectivity index (χ1n) is 5.28. The summed E-state index contributed by atoms with van der Waals surface area (Å²) in [6.45, 7) is 0. The normalized spacial score (nSPS) is 10.5. The Morgan fingerprint density at radius 2 is 1.89 bits per heavy atom. The topological polar surface area (TPSA) is 66.6 Å². The Bertz CT molecular complexity index is 618. The fourth-order valence-corrected chi connectivity index (χ4v) is 2.25. The second kappa shape index (κ2) is 5.11. The average Bonchev–Trinajstić information content (AvgIpc) is 2.73. The van der Waals surface area contributed by atoms with Crippen LogP contribution in [0.5, 0.6) is 0 Å². The first-order chi connectivity index (χ1) is 8.93. The molecule has 5 nitrogen and oxygen atoms in total. The standard InChI is InChI=1S/C12H10Cl2N2O3/c1-16(2)11-9(12(17)18)10(15-19-11)8-6(13)4-3-5-7(8)14/h3-5H,1-2H3,(H,17,18). The minimum absolute atomic E-state index is 0.0694. The third-order valence-corrected chi connectivity index (χ3v) is 3.12. The van der Waals surface area contributed by atoms with Gasteiger partial charge in [0.1, 0.15) is 5.69 Å². The SMILES string of the molecule is CN(C)c1onc(-c2c(Cl)cccc2Cl)c1C(=O)O. The Labute approximate surface area is 119 Å². The van der Waals surface area contributed by atoms with Crippen LogP contribution in [0.25, 0.3) is 11.3 Å². The number of carbonyl (C=O) groups is 1. The van der Waals surface area contributed by atoms with Crippen molar-refractivity contribution in [2.75, 3.05) is 19.0 Å². The minimum atomic E-state index is -1.16. The Balaban J connectivity index is 2.73. The molecule has 100 valence electrons. The lowest BCUT2D eigenvalue weighted by Crippen LogP contribution is -2.12. The fourth-order valence-electron chi connectivity index (χ4n) is 1.67. The van der Waals surface area contributed by atoms with Gasteiger partial charge in [0.15, 0.2) is 5.56 Å². The quantitative estimate of drug-likeness (QED) is 0.941. The number of carboxylic acids is 1. The molecule has 0 saturated heterocycles. The molecule has 0 atom stereocenters. The number of aromatic carboxylic acids is 1. The minimum Gasteiger partial charge on any atom is -0.477 e. The Kier molecular flexibility index (Phi) is 3.68. The zero-order chi connectivity index (χ0) is 14.2. The van der Waals surface area contributed by atoms with Crippen LogP contribution in [0.15, 0.2) is 22.7 Å². The van der Waals surface area contributed by atoms with Crippen LogP contribution < -0.4 is 4.90 Å². The number of hydrogen-bond donors (Lipinski definition) is 1. The highest BCUT2D eigenvalue weighted by atomic mass is 35.5. The maximum absolute atomic E-state index is 11.4. The van der Waals surface area contributed by atoms with Crippen molar-refractivity contribution in [3.8, 4) is 11.3 Å². The van der Waals surface area contributed by atoms with Crippen molar-refractivity contribution in [1.82, 2.24) is 5.16 Å². The van der Waals surface area contributed by atoms with E-state index in [-0.39, 0.29) is 17.1 Å². The van der Waals surface area contributed by atoms with E-state index in [0.717, 1.165) is 0 Å². The monoisotopic (exact) mass is 300 g/mol. The molecule has 1 aromatic carbocycles. The van der Waals surface area contributed by atoms with Crippen LogP contribution in [0.1, 0.15) is 10.4 Å². The molecule has 1 aromatic heterocycles. The molecule has 0 spiro atoms. The summed E-state index contributed by atoms with van der Waals surface area (Å²) in [6, 6.07) is 4.89. The van der Waals surface area contributed by atoms with Crippen LogP contribution in [0.3, 0.4) is 0 Å². The van der Waals surface area contributed by atoms with Crippen molar-refractivity contribution in [3.05, 3.63) is 33.8 Å². The van der Waals surface area contributed by atoms with E-state index in [1.165, 1.54) is 4.90 Å². The molecule has 1 heterocycles. The number of anilines is 1. The molecule has 0 amide bonds. The Morgan fingerprint density at radius 1 is 1.32 bits per heavy atom. The number of halogens is 2. The van der Waals surface area contributed by atoms with Gasteiger partial charge in [-0.15, -0.1) is 0 Å². The number of benzene rings is 1. The largest absolute Gasteiger partial charge is 0.477 e. The molecule has 0 saturated carbocycles. The smallest absolute Gasteiger partial charge is 0.343 e. The highest BCUT2D eigenvalue weighted by molar-refractivity contribution is 6.39. The summed E-state index contributed by atoms with van der Waals surface area (Å²) in [5.41, 5.74) is 0.395. The summed E-state index contributed by atoms with van der Waals surface area (Å²) in [6.07, 6.45) is 0. The van der Waals surface area contributed by atoms with E-state index in [2.05, 4.69) is 5.16 Å². The predicted molar refractivity (Wildman–Crippen MR) is 73.2 cm³/mol. The van der Waals surface area contributed by atoms with Gasteiger partial charge in [-0.05, 0) is 12.1 Å². The molecule has 19 heavy (non-hydrogen) atoms. The third-order valence-electron chi connectivity index (χ3n) is 2.49. The van der Waals surface area contributed by atoms with Crippen LogP contribution in [0.2, 0.25) is 10.0 Å². The van der Waals surface area contributed by atoms with E-state index in [4.69, 9.17) is 27.7 Å². The maximum Gasteiger partial charge on any atom is 0.343 e. The summed E-state index contributed by atoms with van der Waals surface area (Å²) < 4.78 is 5.06. The number of carboxylic acid groups (broad SMARTS) is 1. The van der Waals surface area contributed by atoms with E-state index in [0.29, 0.717) is 15.6 Å². The summed E-state index contributed by atoms with van der Waals surface area (Å²) in [4.78, 5) is 12.9. The molecule has 0 aliphatic rings. The van der Waals surface area contributed by atoms with Gasteiger partial charge in [-0.1, -0.05) is 34.4 Å². The molecular weight excluding hydrogens is 291 g/mol. The van der Waals surface area contributed by atoms with Gasteiger partial charge in [0.2, 0.25) is 5.88 Å². The number of hydrogen-bond acceptors (Lipinski definition) is 4. The Hall–Kier alpha value is -1.72. The van der Waals surface area contributed by atoms with Crippen LogP contribution >= 0.6 is 23.2 Å². The average molecular weight is 301 g/mol. The molecule has 2 rings (SSSR count). The van der Waals surface area contributed by atoms with Gasteiger partial charge in [0.25, 0.3) is 0 Å². The number of aromatic nitrogens is 1. The van der Waals surface area contributed by atoms with Crippen molar-refractivity contribution in [3.63, 3.8) is 0 Å². The van der Waals surface area contributed by atoms with E-state index in [9.17, 15) is 9.90 Å². The van der Waals surface area contributed by atoms with Crippen molar-refractivity contribution < 1.29 is 14.4 Å². The zero-order valence-corrected chi connectivity index (χ0v) is 11.7. The third kappa shape index (κ3) is 2.39. The summed E-state index contributed by atoms with van der Waals surface area (Å²) in [5, 5.41) is 13.7. The molecule has 7 heteroatoms. The summed E-state index contributed by atoms with van der Waals surface area (Å²) >= 11 is 12.1. The molecule has 0 radical (unpaired) electrons. The van der Waals surface area contributed by atoms with Gasteiger partial charge in [0, 0.05) is 19.7 Å². The molecule has 0 aliphatic carbocycles. The molecule has 1 N–H and O–H groups in total. The maximum atomic E-state index is 11.4. The molecular formula is C12H10Cl2N2O3. The van der Waals surface area contributed by atoms with E-state index >= 15 is 0 Å². The Morgan fingerprint density at radius 3 is 2.37 bits per heavy atom. The number of nitrogens with zero attached hydrogens (tertiary/aromatic N) is 2. The second-order valence-electron chi connectivity index (χ2n) is 4.01. The second-order valence-corrected chi connectivity index (χ2v) is 4.82. The molecule has 2 aromatic rings. The summed E-state index contributed by atoms with van der Waals surface area (Å²) in [5.74, 6) is -1.02.